The second-order valence-electron chi connectivity index (χ2n) is 10.2. The van der Waals surface area contributed by atoms with E-state index in [1.807, 2.05) is 146 Å². The maximum atomic E-state index is 16.8. The van der Waals surface area contributed by atoms with E-state index >= 15 is 8.22 Å². The van der Waals surface area contributed by atoms with Crippen LogP contribution in [0, 0.1) is 0 Å². The minimum Gasteiger partial charge on any atom is -0.296 e. The third kappa shape index (κ3) is 7.24. The minimum atomic E-state index is -3.65. The van der Waals surface area contributed by atoms with Crippen LogP contribution in [0.3, 0.4) is 0 Å². The lowest BCUT2D eigenvalue weighted by Crippen LogP contribution is -2.65. The lowest BCUT2D eigenvalue weighted by atomic mass is 10.3. The molecule has 0 bridgehead atoms. The van der Waals surface area contributed by atoms with Gasteiger partial charge in [0.15, 0.2) is 0 Å². The molecule has 0 nitrogen and oxygen atoms in total. The van der Waals surface area contributed by atoms with Crippen molar-refractivity contribution in [2.75, 3.05) is 0 Å². The van der Waals surface area contributed by atoms with Gasteiger partial charge in [-0.05, 0) is 67.5 Å². The Balaban J connectivity index is 0.000000181. The van der Waals surface area contributed by atoms with Crippen LogP contribution in [-0.2, 0) is 0 Å². The average Bonchev–Trinajstić information content (AvgIpc) is 3.06. The Labute approximate surface area is 320 Å². The summed E-state index contributed by atoms with van der Waals surface area (Å²) in [5.41, 5.74) is 0. The summed E-state index contributed by atoms with van der Waals surface area (Å²) in [6, 6.07) is 45.3. The zero-order valence-corrected chi connectivity index (χ0v) is 35.4. The highest BCUT2D eigenvalue weighted by Gasteiger charge is 2.46. The molecular weight excluding hydrogens is 1010 g/mol. The van der Waals surface area contributed by atoms with E-state index in [1.165, 1.54) is 0 Å². The van der Waals surface area contributed by atoms with E-state index in [-0.39, 0.29) is 0 Å². The standard InChI is InChI=1S/2C18H12Br3FSi/c2*19-13-7-1-4-10-16(13)23(22,17-11-5-2-8-14(17)20)18-12-6-3-9-15(18)21/h2*1-12H. The van der Waals surface area contributed by atoms with E-state index < -0.39 is 16.8 Å². The fourth-order valence-corrected chi connectivity index (χ4v) is 18.1. The third-order valence-electron chi connectivity index (χ3n) is 7.47. The van der Waals surface area contributed by atoms with Gasteiger partial charge in [0.2, 0.25) is 0 Å². The summed E-state index contributed by atoms with van der Waals surface area (Å²) in [5, 5.41) is 4.24. The second-order valence-corrected chi connectivity index (χ2v) is 21.2. The van der Waals surface area contributed by atoms with Crippen LogP contribution in [0.2, 0.25) is 0 Å². The number of hydrogen-bond acceptors (Lipinski definition) is 0. The van der Waals surface area contributed by atoms with Crippen LogP contribution in [0.4, 0.5) is 8.22 Å². The largest absolute Gasteiger partial charge is 0.342 e. The van der Waals surface area contributed by atoms with Crippen LogP contribution in [0.25, 0.3) is 0 Å². The molecular formula is C36H24Br6F2Si2. The molecule has 0 fully saturated rings. The van der Waals surface area contributed by atoms with Crippen molar-refractivity contribution in [3.05, 3.63) is 172 Å². The van der Waals surface area contributed by atoms with E-state index in [0.717, 1.165) is 26.8 Å². The lowest BCUT2D eigenvalue weighted by molar-refractivity contribution is 0.840. The summed E-state index contributed by atoms with van der Waals surface area (Å²) in [7, 11) is -7.30. The van der Waals surface area contributed by atoms with Crippen LogP contribution < -0.4 is 31.1 Å². The topological polar surface area (TPSA) is 0 Å². The first-order chi connectivity index (χ1) is 22.1. The predicted octanol–water partition coefficient (Wildman–Crippen LogP) is 9.82. The van der Waals surface area contributed by atoms with Gasteiger partial charge < -0.3 is 0 Å². The Morgan fingerprint density at radius 3 is 0.522 bits per heavy atom. The molecule has 46 heavy (non-hydrogen) atoms. The minimum absolute atomic E-state index is 0.707. The summed E-state index contributed by atoms with van der Waals surface area (Å²) in [6.07, 6.45) is 0. The van der Waals surface area contributed by atoms with Crippen molar-refractivity contribution in [2.45, 2.75) is 0 Å². The van der Waals surface area contributed by atoms with Gasteiger partial charge in [-0.25, -0.2) is 0 Å². The van der Waals surface area contributed by atoms with Crippen molar-refractivity contribution in [1.82, 2.24) is 0 Å². The van der Waals surface area contributed by atoms with Gasteiger partial charge in [-0.15, -0.1) is 0 Å². The summed E-state index contributed by atoms with van der Waals surface area (Å²) in [6.45, 7) is 0. The van der Waals surface area contributed by atoms with Crippen molar-refractivity contribution in [3.63, 3.8) is 0 Å². The molecule has 0 aliphatic heterocycles. The summed E-state index contributed by atoms with van der Waals surface area (Å²) >= 11 is 21.2. The molecule has 0 aromatic heterocycles. The molecule has 232 valence electrons. The van der Waals surface area contributed by atoms with Crippen LogP contribution in [-0.4, -0.2) is 16.8 Å². The first kappa shape index (κ1) is 35.8. The molecule has 0 N–H and O–H groups in total. The highest BCUT2D eigenvalue weighted by molar-refractivity contribution is 9.11. The van der Waals surface area contributed by atoms with Crippen LogP contribution >= 0.6 is 95.6 Å². The molecule has 10 heteroatoms. The molecule has 0 saturated carbocycles. The molecule has 0 amide bonds. The number of rotatable bonds is 6. The van der Waals surface area contributed by atoms with Crippen molar-refractivity contribution in [1.29, 1.82) is 0 Å². The molecule has 6 aromatic carbocycles. The Bertz CT molecular complexity index is 1620. The fourth-order valence-electron chi connectivity index (χ4n) is 5.31. The highest BCUT2D eigenvalue weighted by atomic mass is 79.9. The van der Waals surface area contributed by atoms with Crippen molar-refractivity contribution >= 4 is 144 Å². The Kier molecular flexibility index (Phi) is 12.3. The van der Waals surface area contributed by atoms with E-state index in [4.69, 9.17) is 0 Å². The molecule has 0 aliphatic rings. The summed E-state index contributed by atoms with van der Waals surface area (Å²) < 4.78 is 38.4. The first-order valence-electron chi connectivity index (χ1n) is 14.0. The van der Waals surface area contributed by atoms with E-state index in [9.17, 15) is 0 Å². The smallest absolute Gasteiger partial charge is 0.296 e. The predicted molar refractivity (Wildman–Crippen MR) is 216 cm³/mol. The zero-order valence-electron chi connectivity index (χ0n) is 23.9. The number of halogens is 8. The second kappa shape index (κ2) is 15.8. The molecule has 6 aromatic rings. The molecule has 6 rings (SSSR count). The normalized spacial score (nSPS) is 11.5. The molecule has 0 saturated heterocycles. The molecule has 0 heterocycles. The van der Waals surface area contributed by atoms with Crippen LogP contribution in [0.5, 0.6) is 0 Å². The average molecular weight is 1030 g/mol. The summed E-state index contributed by atoms with van der Waals surface area (Å²) in [5.74, 6) is 0. The van der Waals surface area contributed by atoms with Gasteiger partial charge in [-0.3, -0.25) is 8.22 Å². The van der Waals surface area contributed by atoms with Gasteiger partial charge in [0.1, 0.15) is 0 Å². The lowest BCUT2D eigenvalue weighted by Gasteiger charge is -2.27. The van der Waals surface area contributed by atoms with Crippen LogP contribution in [0.1, 0.15) is 0 Å². The Hall–Kier alpha value is -1.51. The Morgan fingerprint density at radius 2 is 0.391 bits per heavy atom. The highest BCUT2D eigenvalue weighted by Crippen LogP contribution is 2.24. The van der Waals surface area contributed by atoms with E-state index in [1.54, 1.807) is 0 Å². The molecule has 0 atom stereocenters. The van der Waals surface area contributed by atoms with Crippen molar-refractivity contribution < 1.29 is 8.22 Å². The third-order valence-corrected chi connectivity index (χ3v) is 20.9. The van der Waals surface area contributed by atoms with Crippen molar-refractivity contribution in [3.8, 4) is 0 Å². The Morgan fingerprint density at radius 1 is 0.261 bits per heavy atom. The molecule has 0 unspecified atom stereocenters. The molecule has 0 aliphatic carbocycles. The van der Waals surface area contributed by atoms with Gasteiger partial charge >= 0.3 is 16.8 Å². The van der Waals surface area contributed by atoms with E-state index in [0.29, 0.717) is 31.1 Å². The summed E-state index contributed by atoms with van der Waals surface area (Å²) in [4.78, 5) is 0. The number of hydrogen-bond donors (Lipinski definition) is 0. The maximum Gasteiger partial charge on any atom is 0.342 e. The SMILES string of the molecule is F[Si](c1ccccc1Br)(c1ccccc1Br)c1ccccc1Br.F[Si](c1ccccc1Br)(c1ccccc1Br)c1ccccc1Br. The van der Waals surface area contributed by atoms with Gasteiger partial charge in [0.25, 0.3) is 0 Å². The van der Waals surface area contributed by atoms with Gasteiger partial charge in [0.05, 0.1) is 0 Å². The van der Waals surface area contributed by atoms with Gasteiger partial charge in [-0.1, -0.05) is 205 Å². The fraction of sp³-hybridized carbons (Fsp3) is 0. The monoisotopic (exact) mass is 1020 g/mol. The maximum absolute atomic E-state index is 16.8. The van der Waals surface area contributed by atoms with Crippen LogP contribution in [0.15, 0.2) is 172 Å². The van der Waals surface area contributed by atoms with Crippen molar-refractivity contribution in [2.24, 2.45) is 0 Å². The zero-order chi connectivity index (χ0) is 32.9. The quantitative estimate of drug-likeness (QED) is 0.0887. The first-order valence-corrected chi connectivity index (χ1v) is 22.5. The van der Waals surface area contributed by atoms with E-state index in [2.05, 4.69) is 95.6 Å². The molecule has 0 spiro atoms. The molecule has 0 radical (unpaired) electrons. The van der Waals surface area contributed by atoms with Gasteiger partial charge in [0, 0.05) is 26.8 Å². The van der Waals surface area contributed by atoms with Gasteiger partial charge in [-0.2, -0.15) is 0 Å². The number of benzene rings is 6.